The smallest absolute Gasteiger partial charge is 0.487 e. The molecule has 51 heavy (non-hydrogen) atoms. The van der Waals surface area contributed by atoms with Crippen LogP contribution in [0.2, 0.25) is 5.02 Å². The summed E-state index contributed by atoms with van der Waals surface area (Å²) >= 11 is 8.13. The minimum Gasteiger partial charge on any atom is -0.487 e. The molecule has 3 heterocycles. The number of carbonyl (C=O) groups is 1. The van der Waals surface area contributed by atoms with E-state index < -0.39 is 18.2 Å². The van der Waals surface area contributed by atoms with Crippen LogP contribution in [0.3, 0.4) is 0 Å². The fourth-order valence-electron chi connectivity index (χ4n) is 5.48. The van der Waals surface area contributed by atoms with E-state index in [9.17, 15) is 32.9 Å². The van der Waals surface area contributed by atoms with Crippen LogP contribution in [0, 0.1) is 5.82 Å². The van der Waals surface area contributed by atoms with Crippen LogP contribution >= 0.6 is 22.9 Å². The van der Waals surface area contributed by atoms with Crippen molar-refractivity contribution in [3.05, 3.63) is 82.6 Å². The quantitative estimate of drug-likeness (QED) is 0.102. The molecule has 0 saturated heterocycles. The van der Waals surface area contributed by atoms with E-state index in [1.165, 1.54) is 18.5 Å². The van der Waals surface area contributed by atoms with E-state index in [1.807, 2.05) is 17.2 Å². The second kappa shape index (κ2) is 16.8. The predicted octanol–water partition coefficient (Wildman–Crippen LogP) is 5.05. The summed E-state index contributed by atoms with van der Waals surface area (Å²) in [5, 5.41) is 45.9. The van der Waals surface area contributed by atoms with Crippen LogP contribution in [0.4, 0.5) is 29.1 Å². The van der Waals surface area contributed by atoms with Crippen molar-refractivity contribution >= 4 is 50.6 Å². The number of rotatable bonds is 13. The number of benzene rings is 2. The first-order valence-corrected chi connectivity index (χ1v) is 16.7. The zero-order chi connectivity index (χ0) is 36.7. The van der Waals surface area contributed by atoms with Crippen molar-refractivity contribution in [1.82, 2.24) is 24.6 Å². The molecule has 3 aromatic heterocycles. The molecule has 1 atom stereocenters. The van der Waals surface area contributed by atoms with E-state index in [1.54, 1.807) is 40.3 Å². The summed E-state index contributed by atoms with van der Waals surface area (Å²) < 4.78 is 52.8. The Morgan fingerprint density at radius 1 is 1.12 bits per heavy atom. The highest BCUT2D eigenvalue weighted by molar-refractivity contribution is 7.22. The highest BCUT2D eigenvalue weighted by atomic mass is 35.5. The van der Waals surface area contributed by atoms with E-state index >= 15 is 0 Å². The van der Waals surface area contributed by atoms with Gasteiger partial charge in [0.15, 0.2) is 0 Å². The third kappa shape index (κ3) is 9.69. The number of carboxylic acid groups (broad SMARTS) is 1. The molecule has 5 N–H and O–H groups in total. The predicted molar refractivity (Wildman–Crippen MR) is 182 cm³/mol. The number of anilines is 2. The van der Waals surface area contributed by atoms with Crippen molar-refractivity contribution in [2.24, 2.45) is 0 Å². The molecule has 0 amide bonds. The molecule has 0 fully saturated rings. The van der Waals surface area contributed by atoms with Crippen molar-refractivity contribution in [3.63, 3.8) is 0 Å². The van der Waals surface area contributed by atoms with Gasteiger partial charge in [-0.25, -0.2) is 19.2 Å². The molecule has 0 saturated carbocycles. The lowest BCUT2D eigenvalue weighted by molar-refractivity contribution is -0.192. The average molecular weight is 753 g/mol. The van der Waals surface area contributed by atoms with E-state index in [-0.39, 0.29) is 25.6 Å². The monoisotopic (exact) mass is 752 g/mol. The molecule has 0 aliphatic heterocycles. The highest BCUT2D eigenvalue weighted by Gasteiger charge is 2.38. The molecular weight excluding hydrogens is 720 g/mol. The normalized spacial score (nSPS) is 13.0. The van der Waals surface area contributed by atoms with Gasteiger partial charge in [0.2, 0.25) is 0 Å². The summed E-state index contributed by atoms with van der Waals surface area (Å²) in [6.45, 7) is 1.52. The van der Waals surface area contributed by atoms with Gasteiger partial charge in [0.25, 0.3) is 0 Å². The summed E-state index contributed by atoms with van der Waals surface area (Å²) in [5.41, 5.74) is 4.60. The van der Waals surface area contributed by atoms with Gasteiger partial charge in [-0.2, -0.15) is 18.3 Å². The summed E-state index contributed by atoms with van der Waals surface area (Å²) in [4.78, 5) is 21.8. The Morgan fingerprint density at radius 3 is 2.53 bits per heavy atom. The number of aliphatic hydroxyl groups is 3. The van der Waals surface area contributed by atoms with E-state index in [4.69, 9.17) is 31.3 Å². The van der Waals surface area contributed by atoms with Gasteiger partial charge in [0.1, 0.15) is 35.1 Å². The Hall–Kier alpha value is -4.39. The van der Waals surface area contributed by atoms with Gasteiger partial charge in [-0.05, 0) is 54.3 Å². The van der Waals surface area contributed by atoms with Crippen molar-refractivity contribution in [2.45, 2.75) is 38.3 Å². The largest absolute Gasteiger partial charge is 0.490 e. The van der Waals surface area contributed by atoms with Crippen LogP contribution in [0.15, 0.2) is 55.0 Å². The summed E-state index contributed by atoms with van der Waals surface area (Å²) in [6, 6.07) is 11.6. The molecule has 6 rings (SSSR count). The first-order chi connectivity index (χ1) is 24.4. The second-order valence-electron chi connectivity index (χ2n) is 11.4. The Balaban J connectivity index is 0.000000654. The number of aliphatic hydroxyl groups excluding tert-OH is 3. The minimum atomic E-state index is -5.08. The number of fused-ring (bicyclic) bond motifs is 5. The first kappa shape index (κ1) is 37.9. The van der Waals surface area contributed by atoms with Gasteiger partial charge in [-0.1, -0.05) is 23.7 Å². The maximum atomic E-state index is 13.5. The van der Waals surface area contributed by atoms with Crippen LogP contribution in [0.25, 0.3) is 20.7 Å². The Kier molecular flexibility index (Phi) is 12.4. The van der Waals surface area contributed by atoms with Crippen molar-refractivity contribution in [3.8, 4) is 16.2 Å². The molecule has 5 aromatic rings. The fourth-order valence-corrected chi connectivity index (χ4v) is 6.94. The molecule has 18 heteroatoms. The molecule has 12 nitrogen and oxygen atoms in total. The molecule has 1 aliphatic carbocycles. The number of hydrogen-bond acceptors (Lipinski definition) is 11. The summed E-state index contributed by atoms with van der Waals surface area (Å²) in [7, 11) is 0. The average Bonchev–Trinajstić information content (AvgIpc) is 3.66. The Labute approximate surface area is 297 Å². The van der Waals surface area contributed by atoms with Crippen LogP contribution in [-0.4, -0.2) is 96.2 Å². The third-order valence-corrected chi connectivity index (χ3v) is 9.17. The summed E-state index contributed by atoms with van der Waals surface area (Å²) in [5.74, 6) is -1.90. The standard InChI is InChI=1S/C31H32ClFN6O4S.C2HF3O2/c32-25-13-21(4-7-27(25)43-17-19-2-1-3-20(33)12-19)36-30-28-23-5-6-26-24(29(23)44-31(28)35-18-34-30)16-39(37-26)15-22(42)14-38(8-10-40)9-11-41;3-2(4,5)1(6)7/h1-4,7,12-13,16,18,22,40-42H,5-6,8-11,14-15,17H2,(H,34,35,36);(H,6,7)/t22-;/m1./s1. The number of thiophene rings is 1. The number of ether oxygens (including phenoxy) is 1. The maximum absolute atomic E-state index is 13.5. The molecule has 272 valence electrons. The summed E-state index contributed by atoms with van der Waals surface area (Å²) in [6.07, 6.45) is -0.760. The van der Waals surface area contributed by atoms with E-state index in [2.05, 4.69) is 15.3 Å². The Bertz CT molecular complexity index is 1970. The van der Waals surface area contributed by atoms with Gasteiger partial charge >= 0.3 is 12.1 Å². The van der Waals surface area contributed by atoms with Gasteiger partial charge in [-0.3, -0.25) is 9.58 Å². The van der Waals surface area contributed by atoms with E-state index in [0.29, 0.717) is 48.3 Å². The number of hydrogen-bond donors (Lipinski definition) is 5. The molecule has 0 spiro atoms. The number of nitrogens with zero attached hydrogens (tertiary/aromatic N) is 5. The lowest BCUT2D eigenvalue weighted by atomic mass is 9.95. The van der Waals surface area contributed by atoms with Gasteiger partial charge in [-0.15, -0.1) is 11.3 Å². The molecule has 0 bridgehead atoms. The molecule has 1 aliphatic rings. The number of aryl methyl sites for hydroxylation is 2. The molecule has 2 aromatic carbocycles. The number of halogens is 5. The lowest BCUT2D eigenvalue weighted by Gasteiger charge is -2.23. The zero-order valence-electron chi connectivity index (χ0n) is 26.8. The molecule has 0 unspecified atom stereocenters. The number of carboxylic acids is 1. The number of aromatic nitrogens is 4. The lowest BCUT2D eigenvalue weighted by Crippen LogP contribution is -2.38. The third-order valence-electron chi connectivity index (χ3n) is 7.70. The van der Waals surface area contributed by atoms with Crippen LogP contribution in [-0.2, 0) is 30.8 Å². The van der Waals surface area contributed by atoms with Gasteiger partial charge in [0.05, 0.1) is 42.0 Å². The Morgan fingerprint density at radius 2 is 1.86 bits per heavy atom. The van der Waals surface area contributed by atoms with Crippen molar-refractivity contribution in [2.75, 3.05) is 38.2 Å². The number of alkyl halides is 3. The highest BCUT2D eigenvalue weighted by Crippen LogP contribution is 2.45. The van der Waals surface area contributed by atoms with Crippen molar-refractivity contribution < 1.29 is 47.5 Å². The van der Waals surface area contributed by atoms with Gasteiger partial charge in [0, 0.05) is 42.0 Å². The van der Waals surface area contributed by atoms with Crippen LogP contribution in [0.1, 0.15) is 16.8 Å². The van der Waals surface area contributed by atoms with Crippen molar-refractivity contribution in [1.29, 1.82) is 0 Å². The second-order valence-corrected chi connectivity index (χ2v) is 12.8. The topological polar surface area (TPSA) is 166 Å². The molecule has 0 radical (unpaired) electrons. The number of nitrogens with one attached hydrogen (secondary N) is 1. The van der Waals surface area contributed by atoms with Gasteiger partial charge < -0.3 is 30.5 Å². The SMILES string of the molecule is O=C(O)C(F)(F)F.OCCN(CCO)C[C@@H](O)Cn1cc2c(n1)CCc1c-2sc2ncnc(Nc3ccc(OCc4cccc(F)c4)c(Cl)c3)c12. The first-order valence-electron chi connectivity index (χ1n) is 15.5. The zero-order valence-corrected chi connectivity index (χ0v) is 28.3. The van der Waals surface area contributed by atoms with Crippen LogP contribution < -0.4 is 10.1 Å². The van der Waals surface area contributed by atoms with Crippen LogP contribution in [0.5, 0.6) is 5.75 Å². The van der Waals surface area contributed by atoms with E-state index in [0.717, 1.165) is 50.4 Å². The fraction of sp³-hybridized carbons (Fsp3) is 0.333. The molecular formula is C33H33ClF4N6O6S. The maximum Gasteiger partial charge on any atom is 0.490 e. The minimum absolute atomic E-state index is 0.0397. The number of aliphatic carboxylic acids is 1.